The van der Waals surface area contributed by atoms with Crippen LogP contribution in [0.1, 0.15) is 44.4 Å². The number of para-hydroxylation sites is 1. The number of hydrogen-bond donors (Lipinski definition) is 1. The number of carbonyl (C=O) groups excluding carboxylic acids is 3. The van der Waals surface area contributed by atoms with Crippen LogP contribution in [0, 0.1) is 0 Å². The number of benzene rings is 2. The predicted octanol–water partition coefficient (Wildman–Crippen LogP) is 3.60. The maximum absolute atomic E-state index is 13.3. The molecule has 1 atom stereocenters. The van der Waals surface area contributed by atoms with E-state index in [9.17, 15) is 14.4 Å². The molecule has 4 rings (SSSR count). The molecule has 1 aromatic heterocycles. The van der Waals surface area contributed by atoms with Crippen molar-refractivity contribution in [2.24, 2.45) is 0 Å². The van der Waals surface area contributed by atoms with Gasteiger partial charge in [0.2, 0.25) is 5.91 Å². The monoisotopic (exact) mass is 473 g/mol. The number of urea groups is 1. The van der Waals surface area contributed by atoms with Crippen molar-refractivity contribution in [3.8, 4) is 5.69 Å². The Morgan fingerprint density at radius 2 is 1.71 bits per heavy atom. The minimum Gasteiger partial charge on any atom is -0.340 e. The highest BCUT2D eigenvalue weighted by Crippen LogP contribution is 2.31. The van der Waals surface area contributed by atoms with Crippen molar-refractivity contribution in [2.45, 2.75) is 45.2 Å². The zero-order valence-electron chi connectivity index (χ0n) is 20.8. The third kappa shape index (κ3) is 4.82. The molecule has 0 spiro atoms. The van der Waals surface area contributed by atoms with Crippen LogP contribution in [0.25, 0.3) is 5.69 Å². The summed E-state index contributed by atoms with van der Waals surface area (Å²) in [4.78, 5) is 41.3. The van der Waals surface area contributed by atoms with E-state index >= 15 is 0 Å². The van der Waals surface area contributed by atoms with Gasteiger partial charge < -0.3 is 10.2 Å². The lowest BCUT2D eigenvalue weighted by molar-refractivity contribution is -0.138. The van der Waals surface area contributed by atoms with Gasteiger partial charge in [-0.25, -0.2) is 9.48 Å². The van der Waals surface area contributed by atoms with E-state index in [1.807, 2.05) is 60.8 Å². The molecular formula is C27H31N5O3. The van der Waals surface area contributed by atoms with Gasteiger partial charge in [-0.1, -0.05) is 63.2 Å². The Morgan fingerprint density at radius 3 is 2.34 bits per heavy atom. The molecule has 1 aliphatic rings. The summed E-state index contributed by atoms with van der Waals surface area (Å²) < 4.78 is 1.74. The Balaban J connectivity index is 1.42. The van der Waals surface area contributed by atoms with E-state index in [0.29, 0.717) is 12.1 Å². The van der Waals surface area contributed by atoms with Crippen LogP contribution >= 0.6 is 0 Å². The molecule has 2 aromatic carbocycles. The third-order valence-corrected chi connectivity index (χ3v) is 6.40. The Kier molecular flexibility index (Phi) is 6.23. The quantitative estimate of drug-likeness (QED) is 0.554. The molecule has 4 amide bonds. The molecule has 8 nitrogen and oxygen atoms in total. The summed E-state index contributed by atoms with van der Waals surface area (Å²) in [6.07, 6.45) is 3.55. The van der Waals surface area contributed by atoms with E-state index in [2.05, 4.69) is 31.2 Å². The van der Waals surface area contributed by atoms with Crippen LogP contribution in [0.3, 0.4) is 0 Å². The minimum absolute atomic E-state index is 0.0248. The Labute approximate surface area is 205 Å². The number of imide groups is 1. The summed E-state index contributed by atoms with van der Waals surface area (Å²) in [6, 6.07) is 16.8. The lowest BCUT2D eigenvalue weighted by Crippen LogP contribution is -2.43. The second-order valence-corrected chi connectivity index (χ2v) is 10.2. The van der Waals surface area contributed by atoms with Crippen LogP contribution in [-0.2, 0) is 27.1 Å². The fraction of sp³-hybridized carbons (Fsp3) is 0.333. The molecule has 1 fully saturated rings. The largest absolute Gasteiger partial charge is 0.340 e. The number of amides is 4. The fourth-order valence-electron chi connectivity index (χ4n) is 4.12. The Bertz CT molecular complexity index is 1240. The van der Waals surface area contributed by atoms with Crippen LogP contribution in [0.2, 0.25) is 0 Å². The summed E-state index contributed by atoms with van der Waals surface area (Å²) in [5, 5.41) is 7.12. The molecule has 1 saturated heterocycles. The molecule has 2 heterocycles. The molecule has 0 radical (unpaired) electrons. The van der Waals surface area contributed by atoms with E-state index in [1.54, 1.807) is 24.9 Å². The SMILES string of the molecule is CN(Cc1cnn(-c2ccccc2)c1)C(=O)CN1C(=O)N[C@@](C)(c2ccc(C(C)(C)C)cc2)C1=O. The molecule has 3 aromatic rings. The van der Waals surface area contributed by atoms with E-state index in [1.165, 1.54) is 4.90 Å². The van der Waals surface area contributed by atoms with Gasteiger partial charge in [-0.05, 0) is 35.6 Å². The molecule has 182 valence electrons. The number of carbonyl (C=O) groups is 3. The van der Waals surface area contributed by atoms with Crippen molar-refractivity contribution in [3.63, 3.8) is 0 Å². The minimum atomic E-state index is -1.22. The van der Waals surface area contributed by atoms with Gasteiger partial charge in [0.05, 0.1) is 11.9 Å². The van der Waals surface area contributed by atoms with Gasteiger partial charge in [-0.15, -0.1) is 0 Å². The molecule has 0 aliphatic carbocycles. The van der Waals surface area contributed by atoms with Gasteiger partial charge in [0.1, 0.15) is 12.1 Å². The first kappa shape index (κ1) is 24.2. The van der Waals surface area contributed by atoms with Crippen LogP contribution in [-0.4, -0.2) is 51.0 Å². The Hall–Kier alpha value is -3.94. The summed E-state index contributed by atoms with van der Waals surface area (Å²) in [5.41, 5.74) is 2.32. The lowest BCUT2D eigenvalue weighted by Gasteiger charge is -2.25. The molecule has 0 saturated carbocycles. The van der Waals surface area contributed by atoms with E-state index in [0.717, 1.165) is 21.7 Å². The lowest BCUT2D eigenvalue weighted by atomic mass is 9.84. The molecule has 1 aliphatic heterocycles. The number of likely N-dealkylation sites (N-methyl/N-ethyl adjacent to an activating group) is 1. The molecule has 8 heteroatoms. The molecule has 35 heavy (non-hydrogen) atoms. The summed E-state index contributed by atoms with van der Waals surface area (Å²) in [6.45, 7) is 7.99. The predicted molar refractivity (Wildman–Crippen MR) is 133 cm³/mol. The summed E-state index contributed by atoms with van der Waals surface area (Å²) in [5.74, 6) is -0.780. The Morgan fingerprint density at radius 1 is 1.06 bits per heavy atom. The summed E-state index contributed by atoms with van der Waals surface area (Å²) >= 11 is 0. The van der Waals surface area contributed by atoms with Crippen LogP contribution in [0.4, 0.5) is 4.79 Å². The number of hydrogen-bond acceptors (Lipinski definition) is 4. The molecule has 0 bridgehead atoms. The van der Waals surface area contributed by atoms with Crippen LogP contribution in [0.5, 0.6) is 0 Å². The summed E-state index contributed by atoms with van der Waals surface area (Å²) in [7, 11) is 1.64. The number of nitrogens with one attached hydrogen (secondary N) is 1. The van der Waals surface area contributed by atoms with E-state index in [4.69, 9.17) is 0 Å². The maximum atomic E-state index is 13.3. The van der Waals surface area contributed by atoms with Gasteiger partial charge in [-0.2, -0.15) is 5.10 Å². The van der Waals surface area contributed by atoms with Crippen molar-refractivity contribution in [2.75, 3.05) is 13.6 Å². The van der Waals surface area contributed by atoms with Crippen LogP contribution < -0.4 is 5.32 Å². The number of rotatable bonds is 6. The first-order valence-corrected chi connectivity index (χ1v) is 11.6. The first-order chi connectivity index (χ1) is 16.5. The molecule has 1 N–H and O–H groups in total. The zero-order valence-corrected chi connectivity index (χ0v) is 20.8. The molecular weight excluding hydrogens is 442 g/mol. The zero-order chi connectivity index (χ0) is 25.4. The third-order valence-electron chi connectivity index (χ3n) is 6.40. The van der Waals surface area contributed by atoms with Gasteiger partial charge in [-0.3, -0.25) is 14.5 Å². The van der Waals surface area contributed by atoms with Crippen molar-refractivity contribution in [1.82, 2.24) is 24.9 Å². The van der Waals surface area contributed by atoms with E-state index in [-0.39, 0.29) is 17.9 Å². The van der Waals surface area contributed by atoms with Gasteiger partial charge in [0.15, 0.2) is 0 Å². The van der Waals surface area contributed by atoms with Gasteiger partial charge in [0.25, 0.3) is 5.91 Å². The maximum Gasteiger partial charge on any atom is 0.325 e. The van der Waals surface area contributed by atoms with Crippen LogP contribution in [0.15, 0.2) is 67.0 Å². The van der Waals surface area contributed by atoms with E-state index < -0.39 is 17.5 Å². The average Bonchev–Trinajstić information content (AvgIpc) is 3.38. The highest BCUT2D eigenvalue weighted by molar-refractivity contribution is 6.09. The van der Waals surface area contributed by atoms with Crippen molar-refractivity contribution in [3.05, 3.63) is 83.7 Å². The number of nitrogens with zero attached hydrogens (tertiary/aromatic N) is 4. The van der Waals surface area contributed by atoms with Gasteiger partial charge in [0, 0.05) is 25.4 Å². The highest BCUT2D eigenvalue weighted by atomic mass is 16.2. The fourth-order valence-corrected chi connectivity index (χ4v) is 4.12. The second kappa shape index (κ2) is 9.02. The smallest absolute Gasteiger partial charge is 0.325 e. The second-order valence-electron chi connectivity index (χ2n) is 10.2. The van der Waals surface area contributed by atoms with Gasteiger partial charge >= 0.3 is 6.03 Å². The molecule has 0 unspecified atom stereocenters. The van der Waals surface area contributed by atoms with Crippen molar-refractivity contribution in [1.29, 1.82) is 0 Å². The van der Waals surface area contributed by atoms with Crippen molar-refractivity contribution < 1.29 is 14.4 Å². The normalized spacial score (nSPS) is 18.0. The number of aromatic nitrogens is 2. The topological polar surface area (TPSA) is 87.5 Å². The highest BCUT2D eigenvalue weighted by Gasteiger charge is 2.49. The standard InChI is InChI=1S/C27H31N5O3/c1-26(2,3)20-11-13-21(14-12-20)27(4)24(34)31(25(35)29-27)18-23(33)30(5)16-19-15-28-32(17-19)22-9-7-6-8-10-22/h6-15,17H,16,18H2,1-5H3,(H,29,35)/t27-/m0/s1. The van der Waals surface area contributed by atoms with Crippen molar-refractivity contribution >= 4 is 17.8 Å². The average molecular weight is 474 g/mol. The first-order valence-electron chi connectivity index (χ1n) is 11.6.